The summed E-state index contributed by atoms with van der Waals surface area (Å²) >= 11 is 0. The third-order valence-electron chi connectivity index (χ3n) is 8.44. The number of pyridine rings is 1. The normalized spacial score (nSPS) is 22.6. The Morgan fingerprint density at radius 2 is 1.81 bits per heavy atom. The Bertz CT molecular complexity index is 1230. The standard InChI is InChI=1S/C28H31N5O3/c34-26(32-14-9-28(18-32)7-12-31(13-8-28)23-5-10-29-11-6-23)21-2-1-20-3-4-25(24(20)15-21)33-17-22(27(35)36)16-30-19-33/h1-2,5-6,10-11,15-17,25H,3-4,7-9,12-14,18-19H2,(H,35,36)/t25-/m1/s1. The third kappa shape index (κ3) is 4.14. The van der Waals surface area contributed by atoms with Gasteiger partial charge in [0.05, 0.1) is 11.6 Å². The fourth-order valence-corrected chi connectivity index (χ4v) is 6.34. The van der Waals surface area contributed by atoms with Crippen LogP contribution in [0.5, 0.6) is 0 Å². The van der Waals surface area contributed by atoms with Crippen molar-refractivity contribution in [1.82, 2.24) is 14.8 Å². The van der Waals surface area contributed by atoms with E-state index in [1.165, 1.54) is 17.5 Å². The predicted molar refractivity (Wildman–Crippen MR) is 137 cm³/mol. The molecule has 1 amide bonds. The number of aryl methyl sites for hydroxylation is 1. The number of aliphatic imine (C=N–C) groups is 1. The number of fused-ring (bicyclic) bond motifs is 1. The lowest BCUT2D eigenvalue weighted by Gasteiger charge is -2.40. The minimum Gasteiger partial charge on any atom is -0.478 e. The molecule has 2 fully saturated rings. The van der Waals surface area contributed by atoms with Crippen molar-refractivity contribution in [3.63, 3.8) is 0 Å². The Kier molecular flexibility index (Phi) is 5.74. The Balaban J connectivity index is 1.14. The number of carboxylic acids is 1. The van der Waals surface area contributed by atoms with E-state index < -0.39 is 5.97 Å². The van der Waals surface area contributed by atoms with E-state index in [-0.39, 0.29) is 22.9 Å². The Labute approximate surface area is 210 Å². The molecule has 0 unspecified atom stereocenters. The van der Waals surface area contributed by atoms with Gasteiger partial charge in [0.15, 0.2) is 0 Å². The van der Waals surface area contributed by atoms with Crippen LogP contribution in [0, 0.1) is 5.41 Å². The number of likely N-dealkylation sites (tertiary alicyclic amines) is 1. The van der Waals surface area contributed by atoms with Crippen molar-refractivity contribution in [3.8, 4) is 0 Å². The summed E-state index contributed by atoms with van der Waals surface area (Å²) in [6, 6.07) is 10.3. The average molecular weight is 486 g/mol. The zero-order valence-corrected chi connectivity index (χ0v) is 20.3. The molecule has 2 saturated heterocycles. The van der Waals surface area contributed by atoms with Crippen molar-refractivity contribution in [1.29, 1.82) is 0 Å². The zero-order valence-electron chi connectivity index (χ0n) is 20.3. The number of hydrogen-bond donors (Lipinski definition) is 1. The van der Waals surface area contributed by atoms with Gasteiger partial charge in [-0.2, -0.15) is 0 Å². The van der Waals surface area contributed by atoms with Gasteiger partial charge in [-0.15, -0.1) is 0 Å². The van der Waals surface area contributed by atoms with Gasteiger partial charge in [0.1, 0.15) is 6.67 Å². The predicted octanol–water partition coefficient (Wildman–Crippen LogP) is 3.51. The highest BCUT2D eigenvalue weighted by Gasteiger charge is 2.42. The molecule has 6 rings (SSSR count). The van der Waals surface area contributed by atoms with Crippen LogP contribution in [-0.4, -0.2) is 70.8 Å². The molecule has 0 bridgehead atoms. The van der Waals surface area contributed by atoms with E-state index in [2.05, 4.69) is 33.1 Å². The van der Waals surface area contributed by atoms with E-state index >= 15 is 0 Å². The molecule has 1 spiro atoms. The lowest BCUT2D eigenvalue weighted by molar-refractivity contribution is -0.132. The highest BCUT2D eigenvalue weighted by atomic mass is 16.4. The van der Waals surface area contributed by atoms with Crippen LogP contribution in [-0.2, 0) is 11.2 Å². The van der Waals surface area contributed by atoms with Gasteiger partial charge in [0.2, 0.25) is 0 Å². The van der Waals surface area contributed by atoms with Crippen LogP contribution in [0.3, 0.4) is 0 Å². The maximum atomic E-state index is 13.6. The van der Waals surface area contributed by atoms with E-state index in [1.54, 1.807) is 6.20 Å². The van der Waals surface area contributed by atoms with Gasteiger partial charge in [-0.25, -0.2) is 4.79 Å². The molecule has 36 heavy (non-hydrogen) atoms. The number of piperidine rings is 1. The smallest absolute Gasteiger partial charge is 0.338 e. The van der Waals surface area contributed by atoms with Crippen LogP contribution in [0.4, 0.5) is 5.69 Å². The summed E-state index contributed by atoms with van der Waals surface area (Å²) < 4.78 is 0. The number of anilines is 1. The lowest BCUT2D eigenvalue weighted by Crippen LogP contribution is -2.42. The molecule has 1 atom stereocenters. The average Bonchev–Trinajstić information content (AvgIpc) is 3.53. The first-order valence-corrected chi connectivity index (χ1v) is 12.8. The minimum atomic E-state index is -0.972. The van der Waals surface area contributed by atoms with Gasteiger partial charge >= 0.3 is 5.97 Å². The molecule has 8 nitrogen and oxygen atoms in total. The number of carbonyl (C=O) groups is 2. The molecule has 1 aromatic carbocycles. The highest BCUT2D eigenvalue weighted by Crippen LogP contribution is 2.42. The SMILES string of the molecule is O=C(O)C1=CN([C@@H]2CCc3ccc(C(=O)N4CCC5(CCN(c6ccncc6)CC5)C4)cc32)CN=C1. The summed E-state index contributed by atoms with van der Waals surface area (Å²) in [6.07, 6.45) is 11.9. The maximum Gasteiger partial charge on any atom is 0.338 e. The van der Waals surface area contributed by atoms with Gasteiger partial charge in [0, 0.05) is 62.2 Å². The maximum absolute atomic E-state index is 13.6. The van der Waals surface area contributed by atoms with Crippen LogP contribution in [0.1, 0.15) is 53.2 Å². The van der Waals surface area contributed by atoms with E-state index in [0.717, 1.165) is 69.4 Å². The molecule has 1 aromatic heterocycles. The molecule has 2 aromatic rings. The largest absolute Gasteiger partial charge is 0.478 e. The molecular weight excluding hydrogens is 454 g/mol. The molecule has 0 radical (unpaired) electrons. The number of nitrogens with zero attached hydrogens (tertiary/aromatic N) is 5. The number of carboxylic acid groups (broad SMARTS) is 1. The van der Waals surface area contributed by atoms with Crippen molar-refractivity contribution in [2.24, 2.45) is 10.4 Å². The van der Waals surface area contributed by atoms with Crippen molar-refractivity contribution < 1.29 is 14.7 Å². The number of hydrogen-bond acceptors (Lipinski definition) is 6. The second-order valence-electron chi connectivity index (χ2n) is 10.5. The second-order valence-corrected chi connectivity index (χ2v) is 10.5. The monoisotopic (exact) mass is 485 g/mol. The fraction of sp³-hybridized carbons (Fsp3) is 0.429. The van der Waals surface area contributed by atoms with Gasteiger partial charge in [-0.05, 0) is 72.9 Å². The molecule has 0 saturated carbocycles. The van der Waals surface area contributed by atoms with Crippen LogP contribution < -0.4 is 4.90 Å². The van der Waals surface area contributed by atoms with Gasteiger partial charge in [-0.3, -0.25) is 14.8 Å². The summed E-state index contributed by atoms with van der Waals surface area (Å²) in [4.78, 5) is 39.8. The summed E-state index contributed by atoms with van der Waals surface area (Å²) in [5, 5.41) is 9.37. The van der Waals surface area contributed by atoms with Crippen molar-refractivity contribution in [2.75, 3.05) is 37.7 Å². The number of rotatable bonds is 4. The van der Waals surface area contributed by atoms with E-state index in [1.807, 2.05) is 34.3 Å². The topological polar surface area (TPSA) is 89.3 Å². The number of aromatic nitrogens is 1. The molecule has 4 aliphatic rings. The van der Waals surface area contributed by atoms with E-state index in [0.29, 0.717) is 6.67 Å². The summed E-state index contributed by atoms with van der Waals surface area (Å²) in [5.41, 5.74) is 4.72. The van der Waals surface area contributed by atoms with E-state index in [4.69, 9.17) is 0 Å². The molecular formula is C28H31N5O3. The number of benzene rings is 1. The van der Waals surface area contributed by atoms with Crippen LogP contribution in [0.25, 0.3) is 0 Å². The number of carbonyl (C=O) groups excluding carboxylic acids is 1. The zero-order chi connectivity index (χ0) is 24.7. The molecule has 186 valence electrons. The van der Waals surface area contributed by atoms with Gasteiger partial charge < -0.3 is 19.8 Å². The number of amides is 1. The first-order chi connectivity index (χ1) is 17.5. The number of aliphatic carboxylic acids is 1. The fourth-order valence-electron chi connectivity index (χ4n) is 6.34. The Hall–Kier alpha value is -3.68. The molecule has 1 N–H and O–H groups in total. The summed E-state index contributed by atoms with van der Waals surface area (Å²) in [6.45, 7) is 4.08. The summed E-state index contributed by atoms with van der Waals surface area (Å²) in [7, 11) is 0. The molecule has 3 aliphatic heterocycles. The Morgan fingerprint density at radius 1 is 1.03 bits per heavy atom. The first-order valence-electron chi connectivity index (χ1n) is 12.8. The van der Waals surface area contributed by atoms with Crippen LogP contribution in [0.2, 0.25) is 0 Å². The highest BCUT2D eigenvalue weighted by molar-refractivity contribution is 6.08. The van der Waals surface area contributed by atoms with Crippen LogP contribution >= 0.6 is 0 Å². The van der Waals surface area contributed by atoms with Gasteiger partial charge in [0.25, 0.3) is 5.91 Å². The minimum absolute atomic E-state index is 0.0435. The quantitative estimate of drug-likeness (QED) is 0.713. The molecule has 1 aliphatic carbocycles. The van der Waals surface area contributed by atoms with Crippen molar-refractivity contribution in [3.05, 3.63) is 71.2 Å². The second kappa shape index (κ2) is 9.08. The molecule has 8 heteroatoms. The van der Waals surface area contributed by atoms with Crippen molar-refractivity contribution in [2.45, 2.75) is 38.1 Å². The first kappa shape index (κ1) is 22.8. The lowest BCUT2D eigenvalue weighted by atomic mass is 9.77. The molecule has 4 heterocycles. The summed E-state index contributed by atoms with van der Waals surface area (Å²) in [5.74, 6) is -0.865. The van der Waals surface area contributed by atoms with Crippen molar-refractivity contribution >= 4 is 23.8 Å². The Morgan fingerprint density at radius 3 is 2.58 bits per heavy atom. The van der Waals surface area contributed by atoms with Crippen LogP contribution in [0.15, 0.2) is 59.5 Å². The van der Waals surface area contributed by atoms with Gasteiger partial charge in [-0.1, -0.05) is 6.07 Å². The third-order valence-corrected chi connectivity index (χ3v) is 8.44. The van der Waals surface area contributed by atoms with E-state index in [9.17, 15) is 14.7 Å².